The average Bonchev–Trinajstić information content (AvgIpc) is 2.62. The van der Waals surface area contributed by atoms with Gasteiger partial charge in [-0.25, -0.2) is 0 Å². The Labute approximate surface area is 137 Å². The van der Waals surface area contributed by atoms with Gasteiger partial charge in [-0.1, -0.05) is 48.5 Å². The standard InChI is InChI=1S/C20H22N2O/c23-20(12-11-17-7-3-1-4-8-17)21-18-13-15-22(16-14-18)19-9-5-2-6-10-19/h1-12,18H,13-16H2,(H,21,23)/b12-11+. The number of para-hydroxylation sites is 1. The van der Waals surface area contributed by atoms with Crippen LogP contribution < -0.4 is 10.2 Å². The predicted octanol–water partition coefficient (Wildman–Crippen LogP) is 3.49. The number of hydrogen-bond donors (Lipinski definition) is 1. The topological polar surface area (TPSA) is 32.3 Å². The number of anilines is 1. The van der Waals surface area contributed by atoms with Gasteiger partial charge < -0.3 is 10.2 Å². The van der Waals surface area contributed by atoms with Gasteiger partial charge in [-0.05, 0) is 36.6 Å². The van der Waals surface area contributed by atoms with E-state index in [0.717, 1.165) is 31.5 Å². The molecular weight excluding hydrogens is 284 g/mol. The first-order chi connectivity index (χ1) is 11.3. The Bertz CT molecular complexity index is 644. The number of rotatable bonds is 4. The fraction of sp³-hybridized carbons (Fsp3) is 0.250. The molecule has 1 saturated heterocycles. The Hall–Kier alpha value is -2.55. The van der Waals surface area contributed by atoms with Crippen LogP contribution in [0.3, 0.4) is 0 Å². The van der Waals surface area contributed by atoms with Gasteiger partial charge in [0, 0.05) is 30.9 Å². The average molecular weight is 306 g/mol. The second-order valence-electron chi connectivity index (χ2n) is 5.85. The van der Waals surface area contributed by atoms with Gasteiger partial charge in [-0.2, -0.15) is 0 Å². The van der Waals surface area contributed by atoms with E-state index in [4.69, 9.17) is 0 Å². The molecule has 2 aromatic carbocycles. The van der Waals surface area contributed by atoms with Crippen LogP contribution in [0.4, 0.5) is 5.69 Å². The lowest BCUT2D eigenvalue weighted by Crippen LogP contribution is -2.44. The molecule has 0 unspecified atom stereocenters. The predicted molar refractivity (Wildman–Crippen MR) is 95.3 cm³/mol. The SMILES string of the molecule is O=C(/C=C/c1ccccc1)NC1CCN(c2ccccc2)CC1. The number of hydrogen-bond acceptors (Lipinski definition) is 2. The maximum absolute atomic E-state index is 12.0. The molecule has 0 aromatic heterocycles. The second kappa shape index (κ2) is 7.63. The lowest BCUT2D eigenvalue weighted by Gasteiger charge is -2.33. The van der Waals surface area contributed by atoms with Crippen molar-refractivity contribution in [3.8, 4) is 0 Å². The molecule has 0 radical (unpaired) electrons. The summed E-state index contributed by atoms with van der Waals surface area (Å²) in [5.74, 6) is -0.00739. The molecule has 1 amide bonds. The highest BCUT2D eigenvalue weighted by molar-refractivity contribution is 5.91. The summed E-state index contributed by atoms with van der Waals surface area (Å²) in [6.07, 6.45) is 5.45. The molecule has 118 valence electrons. The Morgan fingerprint density at radius 1 is 0.957 bits per heavy atom. The number of piperidine rings is 1. The molecule has 0 aliphatic carbocycles. The molecule has 3 nitrogen and oxygen atoms in total. The molecule has 3 heteroatoms. The summed E-state index contributed by atoms with van der Waals surface area (Å²) in [5, 5.41) is 3.11. The van der Waals surface area contributed by atoms with Crippen molar-refractivity contribution in [1.29, 1.82) is 0 Å². The van der Waals surface area contributed by atoms with Gasteiger partial charge in [-0.3, -0.25) is 4.79 Å². The van der Waals surface area contributed by atoms with Gasteiger partial charge in [0.25, 0.3) is 0 Å². The zero-order valence-electron chi connectivity index (χ0n) is 13.2. The maximum atomic E-state index is 12.0. The molecule has 0 bridgehead atoms. The van der Waals surface area contributed by atoms with Crippen LogP contribution in [-0.4, -0.2) is 25.0 Å². The number of carbonyl (C=O) groups is 1. The molecule has 1 N–H and O–H groups in total. The van der Waals surface area contributed by atoms with Crippen molar-refractivity contribution in [2.45, 2.75) is 18.9 Å². The summed E-state index contributed by atoms with van der Waals surface area (Å²) < 4.78 is 0. The van der Waals surface area contributed by atoms with Gasteiger partial charge in [-0.15, -0.1) is 0 Å². The zero-order valence-corrected chi connectivity index (χ0v) is 13.2. The van der Waals surface area contributed by atoms with Crippen molar-refractivity contribution in [2.75, 3.05) is 18.0 Å². The molecule has 23 heavy (non-hydrogen) atoms. The first-order valence-corrected chi connectivity index (χ1v) is 8.15. The van der Waals surface area contributed by atoms with Crippen LogP contribution in [0.2, 0.25) is 0 Å². The number of amides is 1. The Morgan fingerprint density at radius 2 is 1.57 bits per heavy atom. The van der Waals surface area contributed by atoms with Crippen LogP contribution in [0.15, 0.2) is 66.7 Å². The van der Waals surface area contributed by atoms with Gasteiger partial charge >= 0.3 is 0 Å². The van der Waals surface area contributed by atoms with E-state index in [2.05, 4.69) is 34.5 Å². The zero-order chi connectivity index (χ0) is 15.9. The van der Waals surface area contributed by atoms with E-state index in [0.29, 0.717) is 0 Å². The number of carbonyl (C=O) groups excluding carboxylic acids is 1. The second-order valence-corrected chi connectivity index (χ2v) is 5.85. The largest absolute Gasteiger partial charge is 0.371 e. The van der Waals surface area contributed by atoms with Crippen molar-refractivity contribution in [1.82, 2.24) is 5.32 Å². The molecule has 1 heterocycles. The van der Waals surface area contributed by atoms with E-state index >= 15 is 0 Å². The third-order valence-corrected chi connectivity index (χ3v) is 4.19. The molecule has 1 aliphatic rings. The Morgan fingerprint density at radius 3 is 2.22 bits per heavy atom. The number of benzene rings is 2. The lowest BCUT2D eigenvalue weighted by atomic mass is 10.0. The summed E-state index contributed by atoms with van der Waals surface area (Å²) in [5.41, 5.74) is 2.31. The summed E-state index contributed by atoms with van der Waals surface area (Å²) >= 11 is 0. The highest BCUT2D eigenvalue weighted by Crippen LogP contribution is 2.19. The summed E-state index contributed by atoms with van der Waals surface area (Å²) in [6.45, 7) is 1.97. The smallest absolute Gasteiger partial charge is 0.244 e. The van der Waals surface area contributed by atoms with Crippen molar-refractivity contribution < 1.29 is 4.79 Å². The third-order valence-electron chi connectivity index (χ3n) is 4.19. The van der Waals surface area contributed by atoms with Gasteiger partial charge in [0.15, 0.2) is 0 Å². The fourth-order valence-electron chi connectivity index (χ4n) is 2.91. The van der Waals surface area contributed by atoms with Crippen molar-refractivity contribution in [2.24, 2.45) is 0 Å². The minimum Gasteiger partial charge on any atom is -0.371 e. The minimum absolute atomic E-state index is 0.00739. The van der Waals surface area contributed by atoms with Crippen LogP contribution in [0.1, 0.15) is 18.4 Å². The quantitative estimate of drug-likeness (QED) is 0.877. The summed E-state index contributed by atoms with van der Waals surface area (Å²) in [6, 6.07) is 20.6. The summed E-state index contributed by atoms with van der Waals surface area (Å²) in [7, 11) is 0. The lowest BCUT2D eigenvalue weighted by molar-refractivity contribution is -0.117. The molecule has 1 aliphatic heterocycles. The maximum Gasteiger partial charge on any atom is 0.244 e. The van der Waals surface area contributed by atoms with Crippen molar-refractivity contribution in [3.05, 3.63) is 72.3 Å². The number of nitrogens with zero attached hydrogens (tertiary/aromatic N) is 1. The highest BCUT2D eigenvalue weighted by atomic mass is 16.1. The normalized spacial score (nSPS) is 15.7. The van der Waals surface area contributed by atoms with E-state index in [1.807, 2.05) is 42.5 Å². The Balaban J connectivity index is 1.47. The van der Waals surface area contributed by atoms with Crippen molar-refractivity contribution >= 4 is 17.7 Å². The molecule has 0 spiro atoms. The van der Waals surface area contributed by atoms with E-state index in [1.54, 1.807) is 6.08 Å². The van der Waals surface area contributed by atoms with Crippen LogP contribution in [0.25, 0.3) is 6.08 Å². The van der Waals surface area contributed by atoms with Crippen LogP contribution in [0, 0.1) is 0 Å². The molecule has 2 aromatic rings. The van der Waals surface area contributed by atoms with E-state index in [-0.39, 0.29) is 11.9 Å². The molecule has 0 atom stereocenters. The van der Waals surface area contributed by atoms with E-state index in [1.165, 1.54) is 5.69 Å². The highest BCUT2D eigenvalue weighted by Gasteiger charge is 2.19. The minimum atomic E-state index is -0.00739. The third kappa shape index (κ3) is 4.46. The number of nitrogens with one attached hydrogen (secondary N) is 1. The molecular formula is C20H22N2O. The van der Waals surface area contributed by atoms with Gasteiger partial charge in [0.2, 0.25) is 5.91 Å². The molecule has 0 saturated carbocycles. The summed E-state index contributed by atoms with van der Waals surface area (Å²) in [4.78, 5) is 14.4. The van der Waals surface area contributed by atoms with Crippen LogP contribution >= 0.6 is 0 Å². The first-order valence-electron chi connectivity index (χ1n) is 8.15. The van der Waals surface area contributed by atoms with Crippen LogP contribution in [-0.2, 0) is 4.79 Å². The monoisotopic (exact) mass is 306 g/mol. The molecule has 1 fully saturated rings. The van der Waals surface area contributed by atoms with E-state index < -0.39 is 0 Å². The first kappa shape index (κ1) is 15.3. The van der Waals surface area contributed by atoms with Gasteiger partial charge in [0.05, 0.1) is 0 Å². The van der Waals surface area contributed by atoms with E-state index in [9.17, 15) is 4.79 Å². The Kier molecular flexibility index (Phi) is 5.09. The van der Waals surface area contributed by atoms with Crippen LogP contribution in [0.5, 0.6) is 0 Å². The molecule has 3 rings (SSSR count). The van der Waals surface area contributed by atoms with Crippen molar-refractivity contribution in [3.63, 3.8) is 0 Å². The fourth-order valence-corrected chi connectivity index (χ4v) is 2.91. The van der Waals surface area contributed by atoms with Gasteiger partial charge in [0.1, 0.15) is 0 Å².